The summed E-state index contributed by atoms with van der Waals surface area (Å²) in [6, 6.07) is 11.6. The van der Waals surface area contributed by atoms with Gasteiger partial charge in [0.15, 0.2) is 0 Å². The summed E-state index contributed by atoms with van der Waals surface area (Å²) in [7, 11) is -4.96. The molecule has 2 aromatic carbocycles. The second-order valence-electron chi connectivity index (χ2n) is 6.87. The van der Waals surface area contributed by atoms with Gasteiger partial charge in [0, 0.05) is 31.5 Å². The average molecular weight is 727 g/mol. The van der Waals surface area contributed by atoms with Gasteiger partial charge in [-0.15, -0.1) is 0 Å². The Labute approximate surface area is 230 Å². The van der Waals surface area contributed by atoms with Crippen molar-refractivity contribution in [2.45, 2.75) is 9.79 Å². The van der Waals surface area contributed by atoms with Crippen molar-refractivity contribution in [3.05, 3.63) is 86.7 Å². The van der Waals surface area contributed by atoms with Gasteiger partial charge in [-0.05, 0) is 87.4 Å². The molecule has 12 nitrogen and oxygen atoms in total. The van der Waals surface area contributed by atoms with Crippen LogP contribution >= 0.6 is 0 Å². The first-order valence-corrected chi connectivity index (χ1v) is 12.4. The Morgan fingerprint density at radius 2 is 0.865 bits per heavy atom. The first-order valence-electron chi connectivity index (χ1n) is 9.60. The van der Waals surface area contributed by atoms with Gasteiger partial charge in [-0.1, -0.05) is 0 Å². The van der Waals surface area contributed by atoms with E-state index in [1.165, 1.54) is 24.3 Å². The zero-order valence-electron chi connectivity index (χ0n) is 19.4. The van der Waals surface area contributed by atoms with Crippen molar-refractivity contribution in [3.8, 4) is 0 Å². The van der Waals surface area contributed by atoms with Gasteiger partial charge in [0.1, 0.15) is 20.2 Å². The van der Waals surface area contributed by atoms with E-state index in [0.29, 0.717) is 0 Å². The third-order valence-electron chi connectivity index (χ3n) is 4.38. The largest absolute Gasteiger partial charge is 0.744 e. The molecule has 0 N–H and O–H groups in total. The van der Waals surface area contributed by atoms with Crippen LogP contribution in [0.1, 0.15) is 0 Å². The Hall–Kier alpha value is -3.07. The van der Waals surface area contributed by atoms with E-state index in [9.17, 15) is 25.9 Å². The molecule has 37 heavy (non-hydrogen) atoms. The summed E-state index contributed by atoms with van der Waals surface area (Å²) < 4.78 is 64.3. The number of carbonyl (C=O) groups excluding carboxylic acids is 2. The summed E-state index contributed by atoms with van der Waals surface area (Å²) >= 11 is 0. The minimum Gasteiger partial charge on any atom is -0.744 e. The molecule has 0 saturated heterocycles. The summed E-state index contributed by atoms with van der Waals surface area (Å²) in [4.78, 5) is 22.4. The molecular weight excluding hydrogens is 705 g/mol. The van der Waals surface area contributed by atoms with Crippen molar-refractivity contribution in [2.24, 2.45) is 0 Å². The van der Waals surface area contributed by atoms with E-state index in [4.69, 9.17) is 9.59 Å². The Morgan fingerprint density at radius 1 is 0.595 bits per heavy atom. The molecule has 0 saturated carbocycles. The van der Waals surface area contributed by atoms with Crippen LogP contribution in [0.25, 0.3) is 0 Å². The van der Waals surface area contributed by atoms with E-state index < -0.39 is 20.2 Å². The van der Waals surface area contributed by atoms with Gasteiger partial charge in [0.05, 0.1) is 9.79 Å². The molecule has 2 aliphatic rings. The Morgan fingerprint density at radius 3 is 1.05 bits per heavy atom. The molecular formula is C22H22IrN4O8S2-6. The zero-order valence-corrected chi connectivity index (χ0v) is 23.5. The third-order valence-corrected chi connectivity index (χ3v) is 6.08. The number of nitrogens with zero attached hydrogens (tertiary/aromatic N) is 4. The Kier molecular flexibility index (Phi) is 14.0. The molecule has 0 aliphatic carbocycles. The molecule has 4 rings (SSSR count). The number of rotatable bonds is 4. The maximum atomic E-state index is 10.7. The molecule has 1 radical (unpaired) electrons. The predicted molar refractivity (Wildman–Crippen MR) is 130 cm³/mol. The van der Waals surface area contributed by atoms with E-state index in [1.54, 1.807) is 24.3 Å². The van der Waals surface area contributed by atoms with E-state index in [2.05, 4.69) is 13.6 Å². The van der Waals surface area contributed by atoms with Crippen molar-refractivity contribution in [3.63, 3.8) is 0 Å². The minimum atomic E-state index is -4.36. The summed E-state index contributed by atoms with van der Waals surface area (Å²) in [5.74, 6) is 0. The molecule has 15 heteroatoms. The summed E-state index contributed by atoms with van der Waals surface area (Å²) in [6.07, 6.45) is 7.39. The van der Waals surface area contributed by atoms with Gasteiger partial charge in [-0.25, -0.2) is 16.8 Å². The molecule has 205 valence electrons. The van der Waals surface area contributed by atoms with E-state index in [-0.39, 0.29) is 29.9 Å². The van der Waals surface area contributed by atoms with Gasteiger partial charge in [-0.3, -0.25) is 13.6 Å². The van der Waals surface area contributed by atoms with Gasteiger partial charge in [0.25, 0.3) is 0 Å². The van der Waals surface area contributed by atoms with Crippen LogP contribution in [-0.4, -0.2) is 63.4 Å². The fraction of sp³-hybridized carbons (Fsp3) is 0.0909. The van der Waals surface area contributed by atoms with Gasteiger partial charge < -0.3 is 38.3 Å². The van der Waals surface area contributed by atoms with Crippen LogP contribution in [0.15, 0.2) is 83.1 Å². The van der Waals surface area contributed by atoms with Crippen LogP contribution in [0.5, 0.6) is 0 Å². The number of hydrogen-bond acceptors (Lipinski definition) is 12. The van der Waals surface area contributed by atoms with Crippen LogP contribution in [0.3, 0.4) is 0 Å². The van der Waals surface area contributed by atoms with Crippen molar-refractivity contribution in [1.82, 2.24) is 9.80 Å². The van der Waals surface area contributed by atoms with Crippen LogP contribution in [0.2, 0.25) is 0 Å². The van der Waals surface area contributed by atoms with E-state index in [0.717, 1.165) is 11.4 Å². The fourth-order valence-corrected chi connectivity index (χ4v) is 3.71. The molecule has 0 bridgehead atoms. The van der Waals surface area contributed by atoms with Gasteiger partial charge in [0.2, 0.25) is 0 Å². The molecule has 0 fully saturated rings. The molecule has 0 amide bonds. The Bertz CT molecular complexity index is 1160. The van der Waals surface area contributed by atoms with Crippen LogP contribution < -0.4 is 9.80 Å². The van der Waals surface area contributed by atoms with Gasteiger partial charge >= 0.3 is 0 Å². The maximum Gasteiger partial charge on any atom is 0.124 e. The molecule has 0 atom stereocenters. The van der Waals surface area contributed by atoms with Gasteiger partial charge in [-0.2, -0.15) is 13.3 Å². The van der Waals surface area contributed by atoms with Crippen molar-refractivity contribution in [2.75, 3.05) is 23.9 Å². The Balaban J connectivity index is 0.000000603. The first kappa shape index (κ1) is 33.9. The normalized spacial score (nSPS) is 13.9. The number of benzene rings is 2. The van der Waals surface area contributed by atoms with E-state index in [1.807, 2.05) is 71.8 Å². The number of anilines is 2. The molecule has 2 heterocycles. The fourth-order valence-electron chi connectivity index (χ4n) is 2.78. The third kappa shape index (κ3) is 10.4. The SMILES string of the molecule is CN1C=CN(c2ccc(S(=O)(=O)[O-])cc2)[CH-]1.CN1C=CN(c2ccc(S(=O)(=O)[O-])cc2)[CH-]1.[CH-]=O.[CH-]=O.[Ir]. The second kappa shape index (κ2) is 15.2. The topological polar surface area (TPSA) is 161 Å². The smallest absolute Gasteiger partial charge is 0.124 e. The van der Waals surface area contributed by atoms with Crippen LogP contribution in [0, 0.1) is 13.3 Å². The van der Waals surface area contributed by atoms with Crippen LogP contribution in [-0.2, 0) is 49.9 Å². The van der Waals surface area contributed by atoms with E-state index >= 15 is 0 Å². The molecule has 0 spiro atoms. The summed E-state index contributed by atoms with van der Waals surface area (Å²) in [5, 5.41) is 0. The van der Waals surface area contributed by atoms with Crippen molar-refractivity contribution < 1.29 is 55.6 Å². The molecule has 0 unspecified atom stereocenters. The zero-order chi connectivity index (χ0) is 27.5. The van der Waals surface area contributed by atoms with Crippen LogP contribution in [0.4, 0.5) is 11.4 Å². The first-order chi connectivity index (χ1) is 16.9. The summed E-state index contributed by atoms with van der Waals surface area (Å²) in [5.41, 5.74) is 1.60. The monoisotopic (exact) mass is 727 g/mol. The van der Waals surface area contributed by atoms with Crippen molar-refractivity contribution in [1.29, 1.82) is 0 Å². The molecule has 2 aliphatic heterocycles. The standard InChI is InChI=1S/2C10H11N2O3S.2CHO.Ir/c2*1-11-6-7-12(8-11)9-2-4-10(5-3-9)16(13,14)15;2*1-2;/h2*2-8H,1H3,(H,13,14,15);2*1H;/q4*-1;/p-2. The van der Waals surface area contributed by atoms with Crippen molar-refractivity contribution >= 4 is 45.2 Å². The summed E-state index contributed by atoms with van der Waals surface area (Å²) in [6.45, 7) is 10.2. The second-order valence-corrected chi connectivity index (χ2v) is 9.63. The molecule has 2 aromatic rings. The quantitative estimate of drug-likeness (QED) is 0.253. The molecule has 0 aromatic heterocycles. The number of hydrogen-bond donors (Lipinski definition) is 0. The predicted octanol–water partition coefficient (Wildman–Crippen LogP) is 1.32. The average Bonchev–Trinajstić information content (AvgIpc) is 3.49. The minimum absolute atomic E-state index is 0. The maximum absolute atomic E-state index is 10.7.